The lowest BCUT2D eigenvalue weighted by atomic mass is 10.0. The first-order valence-corrected chi connectivity index (χ1v) is 5.55. The van der Waals surface area contributed by atoms with Crippen LogP contribution in [0.4, 0.5) is 0 Å². The van der Waals surface area contributed by atoms with Crippen LogP contribution >= 0.6 is 0 Å². The average Bonchev–Trinajstić information content (AvgIpc) is 2.78. The van der Waals surface area contributed by atoms with Gasteiger partial charge in [0.05, 0.1) is 12.0 Å². The van der Waals surface area contributed by atoms with Crippen LogP contribution in [0.3, 0.4) is 0 Å². The number of aliphatic hydroxyl groups is 1. The molecule has 0 aliphatic carbocycles. The van der Waals surface area contributed by atoms with Gasteiger partial charge >= 0.3 is 0 Å². The van der Waals surface area contributed by atoms with Crippen LogP contribution in [0.25, 0.3) is 11.4 Å². The van der Waals surface area contributed by atoms with Crippen LogP contribution in [-0.4, -0.2) is 32.5 Å². The number of nitrogens with two attached hydrogens (primary N) is 1. The first-order valence-electron chi connectivity index (χ1n) is 5.55. The lowest BCUT2D eigenvalue weighted by molar-refractivity contribution is 0.0610. The first kappa shape index (κ1) is 12.5. The van der Waals surface area contributed by atoms with E-state index < -0.39 is 5.60 Å². The summed E-state index contributed by atoms with van der Waals surface area (Å²) in [5.41, 5.74) is 5.10. The molecule has 0 fully saturated rings. The highest BCUT2D eigenvalue weighted by Crippen LogP contribution is 2.20. The second-order valence-electron chi connectivity index (χ2n) is 4.44. The Morgan fingerprint density at radius 2 is 2.00 bits per heavy atom. The third-order valence-corrected chi connectivity index (χ3v) is 2.57. The molecule has 2 aromatic rings. The van der Waals surface area contributed by atoms with E-state index in [9.17, 15) is 10.2 Å². The molecule has 18 heavy (non-hydrogen) atoms. The lowest BCUT2D eigenvalue weighted by Gasteiger charge is -2.17. The van der Waals surface area contributed by atoms with E-state index in [1.165, 1.54) is 0 Å². The van der Waals surface area contributed by atoms with Gasteiger partial charge in [0.25, 0.3) is 0 Å². The van der Waals surface area contributed by atoms with Crippen LogP contribution < -0.4 is 5.73 Å². The van der Waals surface area contributed by atoms with Crippen LogP contribution in [0, 0.1) is 0 Å². The van der Waals surface area contributed by atoms with Crippen molar-refractivity contribution in [1.82, 2.24) is 10.1 Å². The van der Waals surface area contributed by atoms with Crippen molar-refractivity contribution in [2.24, 2.45) is 5.73 Å². The molecule has 4 N–H and O–H groups in total. The predicted octanol–water partition coefficient (Wildman–Crippen LogP) is 0.694. The Morgan fingerprint density at radius 3 is 2.61 bits per heavy atom. The van der Waals surface area contributed by atoms with Crippen molar-refractivity contribution >= 4 is 0 Å². The molecule has 0 bridgehead atoms. The number of hydrogen-bond donors (Lipinski definition) is 3. The van der Waals surface area contributed by atoms with Crippen molar-refractivity contribution in [2.45, 2.75) is 18.9 Å². The summed E-state index contributed by atoms with van der Waals surface area (Å²) in [5, 5.41) is 22.8. The Kier molecular flexibility index (Phi) is 3.31. The van der Waals surface area contributed by atoms with Gasteiger partial charge in [0.1, 0.15) is 5.75 Å². The summed E-state index contributed by atoms with van der Waals surface area (Å²) in [4.78, 5) is 4.17. The second kappa shape index (κ2) is 4.75. The predicted molar refractivity (Wildman–Crippen MR) is 64.8 cm³/mol. The molecule has 96 valence electrons. The fourth-order valence-electron chi connectivity index (χ4n) is 1.45. The van der Waals surface area contributed by atoms with Crippen molar-refractivity contribution < 1.29 is 14.7 Å². The van der Waals surface area contributed by atoms with Gasteiger partial charge in [-0.3, -0.25) is 0 Å². The van der Waals surface area contributed by atoms with E-state index in [0.29, 0.717) is 11.7 Å². The van der Waals surface area contributed by atoms with Crippen molar-refractivity contribution in [3.8, 4) is 17.1 Å². The number of aromatic hydroxyl groups is 1. The topological polar surface area (TPSA) is 105 Å². The zero-order valence-electron chi connectivity index (χ0n) is 10.00. The Balaban J connectivity index is 2.18. The summed E-state index contributed by atoms with van der Waals surface area (Å²) in [7, 11) is 0. The fourth-order valence-corrected chi connectivity index (χ4v) is 1.45. The monoisotopic (exact) mass is 249 g/mol. The van der Waals surface area contributed by atoms with Crippen LogP contribution in [0.1, 0.15) is 12.8 Å². The quantitative estimate of drug-likeness (QED) is 0.736. The van der Waals surface area contributed by atoms with E-state index in [-0.39, 0.29) is 18.7 Å². The zero-order chi connectivity index (χ0) is 13.2. The minimum absolute atomic E-state index is 0.115. The van der Waals surface area contributed by atoms with E-state index in [4.69, 9.17) is 10.3 Å². The molecule has 0 saturated heterocycles. The Hall–Kier alpha value is -1.92. The Morgan fingerprint density at radius 1 is 1.33 bits per heavy atom. The SMILES string of the molecule is CC(O)(CN)Cc1nc(-c2ccc(O)cc2)no1. The molecule has 1 atom stereocenters. The van der Waals surface area contributed by atoms with E-state index in [1.54, 1.807) is 31.2 Å². The molecule has 6 heteroatoms. The average molecular weight is 249 g/mol. The van der Waals surface area contributed by atoms with Crippen molar-refractivity contribution in [2.75, 3.05) is 6.54 Å². The van der Waals surface area contributed by atoms with E-state index >= 15 is 0 Å². The molecule has 0 radical (unpaired) electrons. The van der Waals surface area contributed by atoms with Gasteiger partial charge in [0.15, 0.2) is 0 Å². The summed E-state index contributed by atoms with van der Waals surface area (Å²) in [5.74, 6) is 0.917. The molecule has 0 aliphatic heterocycles. The number of phenols is 1. The smallest absolute Gasteiger partial charge is 0.229 e. The molecule has 0 saturated carbocycles. The van der Waals surface area contributed by atoms with E-state index in [1.807, 2.05) is 0 Å². The van der Waals surface area contributed by atoms with Gasteiger partial charge in [0.2, 0.25) is 11.7 Å². The minimum Gasteiger partial charge on any atom is -0.508 e. The summed E-state index contributed by atoms with van der Waals surface area (Å²) >= 11 is 0. The summed E-state index contributed by atoms with van der Waals surface area (Å²) in [6.07, 6.45) is 0.203. The maximum absolute atomic E-state index is 9.81. The molecule has 1 heterocycles. The van der Waals surface area contributed by atoms with Crippen molar-refractivity contribution in [3.63, 3.8) is 0 Å². The maximum atomic E-state index is 9.81. The molecule has 1 aromatic carbocycles. The van der Waals surface area contributed by atoms with Crippen LogP contribution in [0.2, 0.25) is 0 Å². The van der Waals surface area contributed by atoms with Gasteiger partial charge in [-0.15, -0.1) is 0 Å². The van der Waals surface area contributed by atoms with E-state index in [2.05, 4.69) is 10.1 Å². The molecular weight excluding hydrogens is 234 g/mol. The molecular formula is C12H15N3O3. The third kappa shape index (κ3) is 2.85. The summed E-state index contributed by atoms with van der Waals surface area (Å²) < 4.78 is 5.05. The highest BCUT2D eigenvalue weighted by molar-refractivity contribution is 5.55. The maximum Gasteiger partial charge on any atom is 0.229 e. The first-order chi connectivity index (χ1) is 8.50. The number of phenolic OH excluding ortho intramolecular Hbond substituents is 1. The van der Waals surface area contributed by atoms with Crippen LogP contribution in [-0.2, 0) is 6.42 Å². The van der Waals surface area contributed by atoms with Gasteiger partial charge in [-0.2, -0.15) is 4.98 Å². The number of benzene rings is 1. The number of rotatable bonds is 4. The molecule has 0 aliphatic rings. The molecule has 0 spiro atoms. The Bertz CT molecular complexity index is 520. The second-order valence-corrected chi connectivity index (χ2v) is 4.44. The summed E-state index contributed by atoms with van der Waals surface area (Å²) in [6, 6.07) is 6.46. The van der Waals surface area contributed by atoms with Crippen LogP contribution in [0.15, 0.2) is 28.8 Å². The number of hydrogen-bond acceptors (Lipinski definition) is 6. The highest BCUT2D eigenvalue weighted by Gasteiger charge is 2.22. The Labute approximate surface area is 104 Å². The lowest BCUT2D eigenvalue weighted by Crippen LogP contribution is -2.36. The van der Waals surface area contributed by atoms with Gasteiger partial charge in [-0.05, 0) is 31.2 Å². The van der Waals surface area contributed by atoms with Crippen LogP contribution in [0.5, 0.6) is 5.75 Å². The summed E-state index contributed by atoms with van der Waals surface area (Å²) in [6.45, 7) is 1.72. The largest absolute Gasteiger partial charge is 0.508 e. The van der Waals surface area contributed by atoms with Gasteiger partial charge in [0, 0.05) is 12.1 Å². The van der Waals surface area contributed by atoms with Gasteiger partial charge in [-0.1, -0.05) is 5.16 Å². The molecule has 0 amide bonds. The zero-order valence-corrected chi connectivity index (χ0v) is 10.00. The van der Waals surface area contributed by atoms with E-state index in [0.717, 1.165) is 5.56 Å². The molecule has 6 nitrogen and oxygen atoms in total. The van der Waals surface area contributed by atoms with Gasteiger partial charge in [-0.25, -0.2) is 0 Å². The number of nitrogens with zero attached hydrogens (tertiary/aromatic N) is 2. The minimum atomic E-state index is -1.06. The van der Waals surface area contributed by atoms with Gasteiger partial charge < -0.3 is 20.5 Å². The molecule has 1 aromatic heterocycles. The molecule has 2 rings (SSSR count). The molecule has 1 unspecified atom stereocenters. The number of aromatic nitrogens is 2. The highest BCUT2D eigenvalue weighted by atomic mass is 16.5. The van der Waals surface area contributed by atoms with Crippen molar-refractivity contribution in [1.29, 1.82) is 0 Å². The third-order valence-electron chi connectivity index (χ3n) is 2.57. The fraction of sp³-hybridized carbons (Fsp3) is 0.333. The standard InChI is InChI=1S/C12H15N3O3/c1-12(17,7-13)6-10-14-11(15-18-10)8-2-4-9(16)5-3-8/h2-5,16-17H,6-7,13H2,1H3. The normalized spacial score (nSPS) is 14.4. The van der Waals surface area contributed by atoms with Crippen molar-refractivity contribution in [3.05, 3.63) is 30.2 Å².